The van der Waals surface area contributed by atoms with E-state index in [1.54, 1.807) is 0 Å². The molecule has 1 aliphatic carbocycles. The molecule has 0 N–H and O–H groups in total. The van der Waals surface area contributed by atoms with E-state index in [1.165, 1.54) is 11.3 Å². The van der Waals surface area contributed by atoms with Crippen molar-refractivity contribution in [2.24, 2.45) is 0 Å². The quantitative estimate of drug-likeness (QED) is 0.611. The lowest BCUT2D eigenvalue weighted by Crippen LogP contribution is -2.15. The summed E-state index contributed by atoms with van der Waals surface area (Å²) in [5.41, 5.74) is 2.75. The first-order chi connectivity index (χ1) is 5.81. The van der Waals surface area contributed by atoms with Crippen LogP contribution in [0.1, 0.15) is 24.6 Å². The second-order valence-electron chi connectivity index (χ2n) is 3.27. The average molecular weight is 185 g/mol. The first kappa shape index (κ1) is 8.11. The van der Waals surface area contributed by atoms with E-state index in [-0.39, 0.29) is 0 Å². The molecule has 0 fully saturated rings. The number of halogens is 1. The summed E-state index contributed by atoms with van der Waals surface area (Å²) < 4.78 is 2.08. The number of hydrogen-bond acceptors (Lipinski definition) is 1. The van der Waals surface area contributed by atoms with Crippen LogP contribution in [-0.2, 0) is 19.4 Å². The molecule has 66 valence electrons. The van der Waals surface area contributed by atoms with Gasteiger partial charge in [-0.2, -0.15) is 5.10 Å². The average Bonchev–Trinajstić information content (AvgIpc) is 2.46. The Balaban J connectivity index is 2.32. The maximum Gasteiger partial charge on any atom is 0.0525 e. The van der Waals surface area contributed by atoms with E-state index in [4.69, 9.17) is 11.6 Å². The summed E-state index contributed by atoms with van der Waals surface area (Å²) in [6, 6.07) is 0. The topological polar surface area (TPSA) is 17.8 Å². The van der Waals surface area contributed by atoms with E-state index >= 15 is 0 Å². The number of fused-ring (bicyclic) bond motifs is 1. The van der Waals surface area contributed by atoms with Gasteiger partial charge < -0.3 is 0 Å². The summed E-state index contributed by atoms with van der Waals surface area (Å²) in [4.78, 5) is 0. The third-order valence-electron chi connectivity index (χ3n) is 2.47. The van der Waals surface area contributed by atoms with Gasteiger partial charge in [0.15, 0.2) is 0 Å². The van der Waals surface area contributed by atoms with Crippen molar-refractivity contribution in [3.63, 3.8) is 0 Å². The van der Waals surface area contributed by atoms with Gasteiger partial charge in [0, 0.05) is 17.6 Å². The van der Waals surface area contributed by atoms with Crippen LogP contribution in [0.5, 0.6) is 0 Å². The predicted molar refractivity (Wildman–Crippen MR) is 49.6 cm³/mol. The smallest absolute Gasteiger partial charge is 0.0525 e. The zero-order chi connectivity index (χ0) is 8.55. The second kappa shape index (κ2) is 3.09. The molecule has 2 rings (SSSR count). The summed E-state index contributed by atoms with van der Waals surface area (Å²) in [5.74, 6) is 0. The minimum Gasteiger partial charge on any atom is -0.270 e. The molecule has 0 unspecified atom stereocenters. The Morgan fingerprint density at radius 3 is 3.33 bits per heavy atom. The first-order valence-electron chi connectivity index (χ1n) is 4.49. The van der Waals surface area contributed by atoms with Crippen LogP contribution in [-0.4, -0.2) is 15.2 Å². The monoisotopic (exact) mass is 184 g/mol. The Bertz CT molecular complexity index is 280. The lowest BCUT2D eigenvalue weighted by molar-refractivity contribution is 0.584. The molecule has 2 nitrogen and oxygen atoms in total. The Kier molecular flexibility index (Phi) is 2.09. The summed E-state index contributed by atoms with van der Waals surface area (Å²) in [6.45, 7) is 3.10. The number of aromatic nitrogens is 2. The molecular formula is C9H13ClN2. The number of alkyl halides is 1. The van der Waals surface area contributed by atoms with Crippen LogP contribution < -0.4 is 0 Å². The van der Waals surface area contributed by atoms with Crippen LogP contribution in [0.3, 0.4) is 0 Å². The minimum absolute atomic E-state index is 0.326. The summed E-state index contributed by atoms with van der Waals surface area (Å²) in [6.07, 6.45) is 5.15. The molecule has 0 amide bonds. The van der Waals surface area contributed by atoms with Crippen LogP contribution in [0.25, 0.3) is 0 Å². The van der Waals surface area contributed by atoms with Crippen molar-refractivity contribution >= 4 is 11.6 Å². The predicted octanol–water partition coefficient (Wildman–Crippen LogP) is 2.00. The van der Waals surface area contributed by atoms with Gasteiger partial charge in [0.05, 0.1) is 6.20 Å². The van der Waals surface area contributed by atoms with Gasteiger partial charge in [-0.3, -0.25) is 4.68 Å². The third-order valence-corrected chi connectivity index (χ3v) is 2.84. The fourth-order valence-electron chi connectivity index (χ4n) is 1.82. The van der Waals surface area contributed by atoms with E-state index in [9.17, 15) is 0 Å². The van der Waals surface area contributed by atoms with Crippen molar-refractivity contribution in [2.75, 3.05) is 0 Å². The van der Waals surface area contributed by atoms with Crippen LogP contribution in [0.15, 0.2) is 6.20 Å². The molecule has 12 heavy (non-hydrogen) atoms. The summed E-state index contributed by atoms with van der Waals surface area (Å²) >= 11 is 6.06. The Morgan fingerprint density at radius 2 is 2.58 bits per heavy atom. The maximum atomic E-state index is 6.06. The van der Waals surface area contributed by atoms with Crippen molar-refractivity contribution in [1.29, 1.82) is 0 Å². The molecule has 1 aromatic heterocycles. The molecule has 0 spiro atoms. The van der Waals surface area contributed by atoms with Crippen LogP contribution in [0.2, 0.25) is 0 Å². The first-order valence-corrected chi connectivity index (χ1v) is 4.92. The Morgan fingerprint density at radius 1 is 1.75 bits per heavy atom. The molecule has 3 heteroatoms. The van der Waals surface area contributed by atoms with E-state index in [0.29, 0.717) is 5.38 Å². The SMILES string of the molecule is CCn1ncc2c1CC[C@@H](Cl)C2. The summed E-state index contributed by atoms with van der Waals surface area (Å²) in [5, 5.41) is 4.63. The molecule has 1 aromatic rings. The molecule has 0 aliphatic heterocycles. The highest BCUT2D eigenvalue weighted by Crippen LogP contribution is 2.24. The van der Waals surface area contributed by atoms with E-state index in [2.05, 4.69) is 16.7 Å². The second-order valence-corrected chi connectivity index (χ2v) is 3.89. The fraction of sp³-hybridized carbons (Fsp3) is 0.667. The normalized spacial score (nSPS) is 22.3. The van der Waals surface area contributed by atoms with E-state index in [0.717, 1.165) is 25.8 Å². The minimum atomic E-state index is 0.326. The van der Waals surface area contributed by atoms with Crippen LogP contribution in [0.4, 0.5) is 0 Å². The van der Waals surface area contributed by atoms with Crippen LogP contribution >= 0.6 is 11.6 Å². The molecule has 1 aliphatic rings. The van der Waals surface area contributed by atoms with Gasteiger partial charge in [-0.05, 0) is 31.7 Å². The fourth-order valence-corrected chi connectivity index (χ4v) is 2.09. The van der Waals surface area contributed by atoms with Gasteiger partial charge in [-0.15, -0.1) is 11.6 Å². The highest BCUT2D eigenvalue weighted by molar-refractivity contribution is 6.20. The van der Waals surface area contributed by atoms with Gasteiger partial charge >= 0.3 is 0 Å². The molecule has 0 saturated carbocycles. The number of hydrogen-bond donors (Lipinski definition) is 0. The molecular weight excluding hydrogens is 172 g/mol. The highest BCUT2D eigenvalue weighted by atomic mass is 35.5. The van der Waals surface area contributed by atoms with Crippen molar-refractivity contribution in [2.45, 2.75) is 38.1 Å². The van der Waals surface area contributed by atoms with Crippen molar-refractivity contribution in [1.82, 2.24) is 9.78 Å². The third kappa shape index (κ3) is 1.24. The van der Waals surface area contributed by atoms with Crippen molar-refractivity contribution in [3.8, 4) is 0 Å². The zero-order valence-corrected chi connectivity index (χ0v) is 8.01. The number of nitrogens with zero attached hydrogens (tertiary/aromatic N) is 2. The largest absolute Gasteiger partial charge is 0.270 e. The molecule has 1 heterocycles. The molecule has 0 saturated heterocycles. The van der Waals surface area contributed by atoms with Crippen molar-refractivity contribution < 1.29 is 0 Å². The van der Waals surface area contributed by atoms with Gasteiger partial charge in [-0.25, -0.2) is 0 Å². The van der Waals surface area contributed by atoms with E-state index < -0.39 is 0 Å². The lowest BCUT2D eigenvalue weighted by atomic mass is 9.98. The lowest BCUT2D eigenvalue weighted by Gasteiger charge is -2.17. The molecule has 0 radical (unpaired) electrons. The molecule has 0 bridgehead atoms. The zero-order valence-electron chi connectivity index (χ0n) is 7.26. The molecule has 1 atom stereocenters. The standard InChI is InChI=1S/C9H13ClN2/c1-2-12-9-4-3-8(10)5-7(9)6-11-12/h6,8H,2-5H2,1H3/t8-/m1/s1. The van der Waals surface area contributed by atoms with Crippen molar-refractivity contribution in [3.05, 3.63) is 17.5 Å². The van der Waals surface area contributed by atoms with Gasteiger partial charge in [0.25, 0.3) is 0 Å². The van der Waals surface area contributed by atoms with Gasteiger partial charge in [0.2, 0.25) is 0 Å². The van der Waals surface area contributed by atoms with E-state index in [1.807, 2.05) is 6.20 Å². The molecule has 0 aromatic carbocycles. The summed E-state index contributed by atoms with van der Waals surface area (Å²) in [7, 11) is 0. The Hall–Kier alpha value is -0.500. The highest BCUT2D eigenvalue weighted by Gasteiger charge is 2.19. The maximum absolute atomic E-state index is 6.06. The number of aryl methyl sites for hydroxylation is 1. The van der Waals surface area contributed by atoms with Gasteiger partial charge in [0.1, 0.15) is 0 Å². The number of rotatable bonds is 1. The Labute approximate surface area is 77.5 Å². The van der Waals surface area contributed by atoms with Crippen LogP contribution in [0, 0.1) is 0 Å². The van der Waals surface area contributed by atoms with Gasteiger partial charge in [-0.1, -0.05) is 0 Å².